The topological polar surface area (TPSA) is 102 Å². The molecule has 0 aliphatic rings. The molecule has 1 rings (SSSR count). The van der Waals surface area contributed by atoms with Crippen molar-refractivity contribution in [3.63, 3.8) is 0 Å². The molecule has 0 saturated carbocycles. The van der Waals surface area contributed by atoms with E-state index >= 15 is 0 Å². The van der Waals surface area contributed by atoms with Gasteiger partial charge >= 0.3 is 5.69 Å². The van der Waals surface area contributed by atoms with E-state index in [1.165, 1.54) is 11.7 Å². The van der Waals surface area contributed by atoms with Crippen molar-refractivity contribution < 1.29 is 4.74 Å². The Labute approximate surface area is 104 Å². The molecule has 7 heteroatoms. The standard InChI is InChI=1S/C11H16N4O3/c1-4-7(2)13-8-9(12)15(5-6-18-3)11(17)14-10(8)16/h1,7,13H,5-6,12H2,2-3H3,(H,14,16,17). The lowest BCUT2D eigenvalue weighted by Crippen LogP contribution is -2.36. The highest BCUT2D eigenvalue weighted by molar-refractivity contribution is 5.61. The number of ether oxygens (including phenoxy) is 1. The van der Waals surface area contributed by atoms with E-state index in [-0.39, 0.29) is 24.1 Å². The van der Waals surface area contributed by atoms with Gasteiger partial charge in [-0.05, 0) is 6.92 Å². The highest BCUT2D eigenvalue weighted by Gasteiger charge is 2.13. The number of rotatable bonds is 5. The van der Waals surface area contributed by atoms with Crippen LogP contribution in [0.3, 0.4) is 0 Å². The third-order valence-corrected chi connectivity index (χ3v) is 2.37. The molecule has 98 valence electrons. The average Bonchev–Trinajstić information content (AvgIpc) is 2.33. The van der Waals surface area contributed by atoms with Gasteiger partial charge in [-0.3, -0.25) is 14.3 Å². The first-order chi connectivity index (χ1) is 8.51. The number of nitrogen functional groups attached to an aromatic ring is 1. The van der Waals surface area contributed by atoms with Crippen LogP contribution in [0.15, 0.2) is 9.59 Å². The van der Waals surface area contributed by atoms with Crippen LogP contribution in [0.25, 0.3) is 0 Å². The van der Waals surface area contributed by atoms with Gasteiger partial charge in [0, 0.05) is 7.11 Å². The third-order valence-electron chi connectivity index (χ3n) is 2.37. The summed E-state index contributed by atoms with van der Waals surface area (Å²) in [7, 11) is 1.51. The summed E-state index contributed by atoms with van der Waals surface area (Å²) in [6.45, 7) is 2.25. The largest absolute Gasteiger partial charge is 0.383 e. The van der Waals surface area contributed by atoms with Gasteiger partial charge in [-0.15, -0.1) is 6.42 Å². The van der Waals surface area contributed by atoms with E-state index < -0.39 is 11.2 Å². The van der Waals surface area contributed by atoms with Crippen LogP contribution >= 0.6 is 0 Å². The van der Waals surface area contributed by atoms with Crippen molar-refractivity contribution in [1.82, 2.24) is 9.55 Å². The van der Waals surface area contributed by atoms with Crippen molar-refractivity contribution in [2.24, 2.45) is 0 Å². The number of aromatic nitrogens is 2. The van der Waals surface area contributed by atoms with Crippen LogP contribution in [0.4, 0.5) is 11.5 Å². The molecular formula is C11H16N4O3. The van der Waals surface area contributed by atoms with Gasteiger partial charge in [0.05, 0.1) is 19.2 Å². The maximum absolute atomic E-state index is 11.6. The molecule has 0 aliphatic heterocycles. The number of nitrogens with one attached hydrogen (secondary N) is 2. The van der Waals surface area contributed by atoms with Gasteiger partial charge in [-0.1, -0.05) is 5.92 Å². The number of anilines is 2. The van der Waals surface area contributed by atoms with E-state index in [0.29, 0.717) is 6.61 Å². The second kappa shape index (κ2) is 5.93. The van der Waals surface area contributed by atoms with Gasteiger partial charge in [0.1, 0.15) is 11.5 Å². The molecule has 4 N–H and O–H groups in total. The molecule has 0 aliphatic carbocycles. The molecule has 0 amide bonds. The minimum Gasteiger partial charge on any atom is -0.383 e. The van der Waals surface area contributed by atoms with Crippen LogP contribution in [-0.4, -0.2) is 29.3 Å². The lowest BCUT2D eigenvalue weighted by molar-refractivity contribution is 0.186. The number of terminal acetylenes is 1. The summed E-state index contributed by atoms with van der Waals surface area (Å²) in [5, 5.41) is 2.77. The van der Waals surface area contributed by atoms with Crippen LogP contribution in [0.1, 0.15) is 6.92 Å². The quantitative estimate of drug-likeness (QED) is 0.595. The van der Waals surface area contributed by atoms with E-state index in [4.69, 9.17) is 16.9 Å². The molecule has 1 heterocycles. The van der Waals surface area contributed by atoms with E-state index in [2.05, 4.69) is 16.2 Å². The highest BCUT2D eigenvalue weighted by atomic mass is 16.5. The third kappa shape index (κ3) is 2.93. The SMILES string of the molecule is C#CC(C)Nc1c(N)n(CCOC)c(=O)[nH]c1=O. The summed E-state index contributed by atoms with van der Waals surface area (Å²) in [6, 6.07) is -0.373. The van der Waals surface area contributed by atoms with Crippen LogP contribution in [0.5, 0.6) is 0 Å². The maximum Gasteiger partial charge on any atom is 0.330 e. The van der Waals surface area contributed by atoms with Crippen molar-refractivity contribution in [1.29, 1.82) is 0 Å². The minimum absolute atomic E-state index is 0.0444. The summed E-state index contributed by atoms with van der Waals surface area (Å²) in [5.41, 5.74) is 4.71. The maximum atomic E-state index is 11.6. The Kier molecular flexibility index (Phi) is 4.57. The van der Waals surface area contributed by atoms with Crippen LogP contribution in [0.2, 0.25) is 0 Å². The van der Waals surface area contributed by atoms with Crippen molar-refractivity contribution in [2.75, 3.05) is 24.8 Å². The molecule has 7 nitrogen and oxygen atoms in total. The molecule has 0 fully saturated rings. The zero-order valence-corrected chi connectivity index (χ0v) is 10.3. The molecule has 1 aromatic rings. The monoisotopic (exact) mass is 252 g/mol. The lowest BCUT2D eigenvalue weighted by atomic mass is 10.3. The zero-order chi connectivity index (χ0) is 13.7. The van der Waals surface area contributed by atoms with Crippen LogP contribution in [-0.2, 0) is 11.3 Å². The summed E-state index contributed by atoms with van der Waals surface area (Å²) < 4.78 is 6.09. The number of methoxy groups -OCH3 is 1. The fourth-order valence-corrected chi connectivity index (χ4v) is 1.39. The normalized spacial score (nSPS) is 11.8. The van der Waals surface area contributed by atoms with Crippen molar-refractivity contribution >= 4 is 11.5 Å². The Morgan fingerprint density at radius 3 is 2.83 bits per heavy atom. The number of nitrogens with two attached hydrogens (primary N) is 1. The molecule has 0 spiro atoms. The summed E-state index contributed by atoms with van der Waals surface area (Å²) >= 11 is 0. The van der Waals surface area contributed by atoms with E-state index in [9.17, 15) is 9.59 Å². The highest BCUT2D eigenvalue weighted by Crippen LogP contribution is 2.10. The van der Waals surface area contributed by atoms with E-state index in [1.807, 2.05) is 0 Å². The first kappa shape index (κ1) is 13.9. The van der Waals surface area contributed by atoms with Gasteiger partial charge in [0.2, 0.25) is 0 Å². The molecule has 0 radical (unpaired) electrons. The van der Waals surface area contributed by atoms with Crippen LogP contribution < -0.4 is 22.3 Å². The van der Waals surface area contributed by atoms with Crippen molar-refractivity contribution in [3.8, 4) is 12.3 Å². The number of nitrogens with zero attached hydrogens (tertiary/aromatic N) is 1. The second-order valence-electron chi connectivity index (χ2n) is 3.70. The molecule has 1 aromatic heterocycles. The van der Waals surface area contributed by atoms with Gasteiger partial charge in [0.25, 0.3) is 5.56 Å². The Balaban J connectivity index is 3.23. The van der Waals surface area contributed by atoms with E-state index in [1.54, 1.807) is 6.92 Å². The lowest BCUT2D eigenvalue weighted by Gasteiger charge is -2.14. The predicted molar refractivity (Wildman–Crippen MR) is 69.5 cm³/mol. The summed E-state index contributed by atoms with van der Waals surface area (Å²) in [4.78, 5) is 25.4. The van der Waals surface area contributed by atoms with Crippen molar-refractivity contribution in [3.05, 3.63) is 20.8 Å². The number of aromatic amines is 1. The fourth-order valence-electron chi connectivity index (χ4n) is 1.39. The summed E-state index contributed by atoms with van der Waals surface area (Å²) in [6.07, 6.45) is 5.21. The van der Waals surface area contributed by atoms with Gasteiger partial charge in [-0.2, -0.15) is 0 Å². The van der Waals surface area contributed by atoms with Crippen molar-refractivity contribution in [2.45, 2.75) is 19.5 Å². The molecule has 1 unspecified atom stereocenters. The fraction of sp³-hybridized carbons (Fsp3) is 0.455. The first-order valence-corrected chi connectivity index (χ1v) is 5.35. The first-order valence-electron chi connectivity index (χ1n) is 5.35. The molecule has 0 aromatic carbocycles. The molecule has 0 bridgehead atoms. The Morgan fingerprint density at radius 2 is 2.28 bits per heavy atom. The molecule has 0 saturated heterocycles. The van der Waals surface area contributed by atoms with Gasteiger partial charge in [-0.25, -0.2) is 4.79 Å². The van der Waals surface area contributed by atoms with Gasteiger partial charge in [0.15, 0.2) is 0 Å². The molecule has 1 atom stereocenters. The Morgan fingerprint density at radius 1 is 1.61 bits per heavy atom. The second-order valence-corrected chi connectivity index (χ2v) is 3.70. The van der Waals surface area contributed by atoms with Crippen LogP contribution in [0, 0.1) is 12.3 Å². The van der Waals surface area contributed by atoms with E-state index in [0.717, 1.165) is 0 Å². The Hall–Kier alpha value is -2.20. The summed E-state index contributed by atoms with van der Waals surface area (Å²) in [5.74, 6) is 2.46. The molecule has 18 heavy (non-hydrogen) atoms. The molecular weight excluding hydrogens is 236 g/mol. The number of hydrogen-bond acceptors (Lipinski definition) is 5. The minimum atomic E-state index is -0.590. The smallest absolute Gasteiger partial charge is 0.330 e. The predicted octanol–water partition coefficient (Wildman–Crippen LogP) is -0.801. The zero-order valence-electron chi connectivity index (χ0n) is 10.3. The Bertz CT molecular complexity index is 567. The average molecular weight is 252 g/mol. The number of H-pyrrole nitrogens is 1. The van der Waals surface area contributed by atoms with Gasteiger partial charge < -0.3 is 15.8 Å². The number of hydrogen-bond donors (Lipinski definition) is 3.